The first-order valence-corrected chi connectivity index (χ1v) is 16.5. The Morgan fingerprint density at radius 1 is 0.755 bits per heavy atom. The van der Waals surface area contributed by atoms with Crippen molar-refractivity contribution >= 4 is 34.9 Å². The van der Waals surface area contributed by atoms with Crippen molar-refractivity contribution in [2.45, 2.75) is 66.1 Å². The van der Waals surface area contributed by atoms with Gasteiger partial charge in [0.1, 0.15) is 23.6 Å². The molecule has 0 aromatic heterocycles. The molecule has 0 aliphatic rings. The van der Waals surface area contributed by atoms with Gasteiger partial charge in [-0.15, -0.1) is 0 Å². The number of ether oxygens (including phenoxy) is 3. The Bertz CT molecular complexity index is 1600. The molecule has 0 radical (unpaired) electrons. The number of likely N-dealkylation sites (N-methyl/N-ethyl adjacent to an activating group) is 1. The molecule has 3 aromatic carbocycles. The van der Waals surface area contributed by atoms with E-state index in [4.69, 9.17) is 14.2 Å². The lowest BCUT2D eigenvalue weighted by molar-refractivity contribution is -0.123. The number of benzene rings is 3. The molecule has 0 fully saturated rings. The first-order valence-electron chi connectivity index (χ1n) is 16.5. The fraction of sp³-hybridized carbons (Fsp3) is 0.375. The summed E-state index contributed by atoms with van der Waals surface area (Å²) >= 11 is 0. The Morgan fingerprint density at radius 3 is 1.86 bits per heavy atom. The van der Waals surface area contributed by atoms with Crippen molar-refractivity contribution in [3.8, 4) is 5.75 Å². The second-order valence-electron chi connectivity index (χ2n) is 13.7. The van der Waals surface area contributed by atoms with Gasteiger partial charge in [0.05, 0.1) is 6.54 Å². The molecule has 1 N–H and O–H groups in total. The van der Waals surface area contributed by atoms with E-state index in [9.17, 15) is 14.4 Å². The molecule has 0 bridgehead atoms. The highest BCUT2D eigenvalue weighted by molar-refractivity contribution is 5.99. The third-order valence-electron chi connectivity index (χ3n) is 7.05. The Hall–Kier alpha value is -5.05. The molecule has 9 nitrogen and oxygen atoms in total. The molecule has 0 heterocycles. The molecule has 0 saturated heterocycles. The molecule has 3 rings (SSSR count). The van der Waals surface area contributed by atoms with Crippen molar-refractivity contribution in [3.63, 3.8) is 0 Å². The third-order valence-corrected chi connectivity index (χ3v) is 7.05. The van der Waals surface area contributed by atoms with Crippen LogP contribution < -0.4 is 10.1 Å². The van der Waals surface area contributed by atoms with Crippen LogP contribution in [0.4, 0.5) is 15.3 Å². The van der Waals surface area contributed by atoms with Gasteiger partial charge in [-0.2, -0.15) is 0 Å². The fourth-order valence-electron chi connectivity index (χ4n) is 4.83. The summed E-state index contributed by atoms with van der Waals surface area (Å²) in [4.78, 5) is 40.2. The van der Waals surface area contributed by atoms with E-state index in [1.54, 1.807) is 20.2 Å². The summed E-state index contributed by atoms with van der Waals surface area (Å²) in [7, 11) is 3.34. The molecule has 0 aliphatic heterocycles. The molecule has 0 spiro atoms. The zero-order chi connectivity index (χ0) is 36.2. The number of hydrogen-bond acceptors (Lipinski definition) is 6. The van der Waals surface area contributed by atoms with Crippen LogP contribution in [0.25, 0.3) is 11.1 Å². The lowest BCUT2D eigenvalue weighted by Crippen LogP contribution is -2.39. The fourth-order valence-corrected chi connectivity index (χ4v) is 4.83. The largest absolute Gasteiger partial charge is 0.492 e. The SMILES string of the molecule is CC/C(=C(\c1ccc(NC(=O)OC(C)(C)C)cc1)c1ccc(OCCN(C/C=C/C(=O)N(C)C)C(=O)OC(C)(C)C)cc1)c1ccccc1. The maximum absolute atomic E-state index is 12.9. The Kier molecular flexibility index (Phi) is 13.6. The second kappa shape index (κ2) is 17.4. The van der Waals surface area contributed by atoms with E-state index in [1.807, 2.05) is 108 Å². The highest BCUT2D eigenvalue weighted by Gasteiger charge is 2.22. The number of nitrogens with zero attached hydrogens (tertiary/aromatic N) is 2. The summed E-state index contributed by atoms with van der Waals surface area (Å²) in [5.41, 5.74) is 4.76. The standard InChI is InChI=1S/C40H51N3O6/c1-10-34(29-15-12-11-13-16-29)36(30-18-22-32(23-19-30)41-37(45)48-39(2,3)4)31-20-24-33(25-21-31)47-28-27-43(38(46)49-40(5,6)7)26-14-17-35(44)42(8)9/h11-25H,10,26-28H2,1-9H3,(H,41,45)/b17-14+,36-34-. The third kappa shape index (κ3) is 12.8. The number of amides is 3. The van der Waals surface area contributed by atoms with Gasteiger partial charge in [0.2, 0.25) is 5.91 Å². The number of allylic oxidation sites excluding steroid dienone is 1. The zero-order valence-corrected chi connectivity index (χ0v) is 30.3. The maximum atomic E-state index is 12.9. The monoisotopic (exact) mass is 669 g/mol. The van der Waals surface area contributed by atoms with Gasteiger partial charge in [-0.05, 0) is 100 Å². The van der Waals surface area contributed by atoms with E-state index in [-0.39, 0.29) is 25.6 Å². The molecule has 0 atom stereocenters. The molecule has 9 heteroatoms. The molecule has 0 aliphatic carbocycles. The van der Waals surface area contributed by atoms with Crippen LogP contribution in [0.5, 0.6) is 5.75 Å². The van der Waals surface area contributed by atoms with Crippen LogP contribution in [-0.2, 0) is 14.3 Å². The zero-order valence-electron chi connectivity index (χ0n) is 30.3. The smallest absolute Gasteiger partial charge is 0.412 e. The Balaban J connectivity index is 1.83. The van der Waals surface area contributed by atoms with Crippen molar-refractivity contribution in [1.29, 1.82) is 0 Å². The van der Waals surface area contributed by atoms with E-state index < -0.39 is 23.4 Å². The van der Waals surface area contributed by atoms with Gasteiger partial charge in [-0.1, -0.05) is 67.6 Å². The van der Waals surface area contributed by atoms with Crippen molar-refractivity contribution < 1.29 is 28.6 Å². The Labute approximate surface area is 291 Å². The van der Waals surface area contributed by atoms with E-state index in [0.717, 1.165) is 28.7 Å². The predicted octanol–water partition coefficient (Wildman–Crippen LogP) is 8.66. The molecule has 262 valence electrons. The van der Waals surface area contributed by atoms with Crippen LogP contribution in [0.2, 0.25) is 0 Å². The van der Waals surface area contributed by atoms with Crippen molar-refractivity contribution in [2.75, 3.05) is 39.1 Å². The number of rotatable bonds is 12. The summed E-state index contributed by atoms with van der Waals surface area (Å²) in [6, 6.07) is 25.9. The van der Waals surface area contributed by atoms with Gasteiger partial charge < -0.3 is 24.0 Å². The summed E-state index contributed by atoms with van der Waals surface area (Å²) in [6.07, 6.45) is 2.89. The van der Waals surface area contributed by atoms with Crippen molar-refractivity contribution in [2.24, 2.45) is 0 Å². The van der Waals surface area contributed by atoms with Crippen LogP contribution in [0, 0.1) is 0 Å². The van der Waals surface area contributed by atoms with Crippen LogP contribution >= 0.6 is 0 Å². The summed E-state index contributed by atoms with van der Waals surface area (Å²) in [6.45, 7) is 13.8. The number of anilines is 1. The maximum Gasteiger partial charge on any atom is 0.412 e. The molecular weight excluding hydrogens is 618 g/mol. The molecule has 0 unspecified atom stereocenters. The molecular formula is C40H51N3O6. The van der Waals surface area contributed by atoms with Gasteiger partial charge >= 0.3 is 12.2 Å². The normalized spacial score (nSPS) is 12.2. The van der Waals surface area contributed by atoms with Gasteiger partial charge in [-0.25, -0.2) is 9.59 Å². The number of carbonyl (C=O) groups excluding carboxylic acids is 3. The number of hydrogen-bond donors (Lipinski definition) is 1. The van der Waals surface area contributed by atoms with Gasteiger partial charge in [0.15, 0.2) is 0 Å². The highest BCUT2D eigenvalue weighted by atomic mass is 16.6. The van der Waals surface area contributed by atoms with Crippen molar-refractivity contribution in [3.05, 3.63) is 108 Å². The van der Waals surface area contributed by atoms with Crippen molar-refractivity contribution in [1.82, 2.24) is 9.80 Å². The average molecular weight is 670 g/mol. The van der Waals surface area contributed by atoms with Gasteiger partial charge in [0, 0.05) is 32.4 Å². The van der Waals surface area contributed by atoms with E-state index in [1.165, 1.54) is 21.4 Å². The lowest BCUT2D eigenvalue weighted by Gasteiger charge is -2.26. The summed E-state index contributed by atoms with van der Waals surface area (Å²) in [5.74, 6) is 0.487. The molecule has 0 saturated carbocycles. The average Bonchev–Trinajstić information content (AvgIpc) is 3.02. The second-order valence-corrected chi connectivity index (χ2v) is 13.7. The summed E-state index contributed by atoms with van der Waals surface area (Å²) in [5, 5.41) is 2.81. The minimum Gasteiger partial charge on any atom is -0.492 e. The van der Waals surface area contributed by atoms with Crippen LogP contribution in [0.3, 0.4) is 0 Å². The van der Waals surface area contributed by atoms with Crippen LogP contribution in [0.1, 0.15) is 71.6 Å². The quantitative estimate of drug-likeness (QED) is 0.153. The number of carbonyl (C=O) groups is 3. The van der Waals surface area contributed by atoms with Gasteiger partial charge in [0.25, 0.3) is 0 Å². The predicted molar refractivity (Wildman–Crippen MR) is 197 cm³/mol. The minimum atomic E-state index is -0.660. The molecule has 49 heavy (non-hydrogen) atoms. The minimum absolute atomic E-state index is 0.166. The highest BCUT2D eigenvalue weighted by Crippen LogP contribution is 2.35. The molecule has 3 aromatic rings. The lowest BCUT2D eigenvalue weighted by atomic mass is 9.88. The van der Waals surface area contributed by atoms with Crippen LogP contribution in [-0.4, -0.2) is 72.9 Å². The first-order chi connectivity index (χ1) is 23.1. The Morgan fingerprint density at radius 2 is 1.33 bits per heavy atom. The van der Waals surface area contributed by atoms with Gasteiger partial charge in [-0.3, -0.25) is 10.1 Å². The van der Waals surface area contributed by atoms with E-state index >= 15 is 0 Å². The summed E-state index contributed by atoms with van der Waals surface area (Å²) < 4.78 is 17.0. The number of nitrogens with one attached hydrogen (secondary N) is 1. The van der Waals surface area contributed by atoms with Crippen LogP contribution in [0.15, 0.2) is 91.0 Å². The molecule has 3 amide bonds. The van der Waals surface area contributed by atoms with E-state index in [0.29, 0.717) is 11.4 Å². The topological polar surface area (TPSA) is 97.4 Å². The van der Waals surface area contributed by atoms with E-state index in [2.05, 4.69) is 24.4 Å². The first kappa shape index (κ1) is 38.4.